The van der Waals surface area contributed by atoms with Crippen molar-refractivity contribution in [3.8, 4) is 0 Å². The van der Waals surface area contributed by atoms with Crippen LogP contribution in [0, 0.1) is 0 Å². The van der Waals surface area contributed by atoms with Gasteiger partial charge < -0.3 is 14.8 Å². The van der Waals surface area contributed by atoms with E-state index in [1.165, 1.54) is 24.9 Å². The lowest BCUT2D eigenvalue weighted by atomic mass is 10.0. The molecule has 0 fully saturated rings. The molecule has 8 nitrogen and oxygen atoms in total. The van der Waals surface area contributed by atoms with Gasteiger partial charge in [0, 0.05) is 25.8 Å². The summed E-state index contributed by atoms with van der Waals surface area (Å²) in [6.07, 6.45) is 1.43. The van der Waals surface area contributed by atoms with Gasteiger partial charge in [0.2, 0.25) is 5.91 Å². The largest absolute Gasteiger partial charge is 0.465 e. The summed E-state index contributed by atoms with van der Waals surface area (Å²) >= 11 is 1.20. The van der Waals surface area contributed by atoms with Gasteiger partial charge in [-0.1, -0.05) is 18.7 Å². The summed E-state index contributed by atoms with van der Waals surface area (Å²) in [5.41, 5.74) is 0.182. The van der Waals surface area contributed by atoms with Crippen LogP contribution in [0.4, 0.5) is 0 Å². The SMILES string of the molecule is CCC(C)(C)NC(=O)CSc1nc2cc(C(=O)OC)ccc2c(=O)n1CCCOC. The van der Waals surface area contributed by atoms with Gasteiger partial charge in [0.1, 0.15) is 0 Å². The molecule has 0 bridgehead atoms. The second kappa shape index (κ2) is 10.6. The van der Waals surface area contributed by atoms with Gasteiger partial charge in [-0.05, 0) is 44.9 Å². The number of benzene rings is 1. The number of fused-ring (bicyclic) bond motifs is 1. The number of carbonyl (C=O) groups is 2. The van der Waals surface area contributed by atoms with Crippen LogP contribution in [0.2, 0.25) is 0 Å². The third kappa shape index (κ3) is 6.06. The number of methoxy groups -OCH3 is 2. The summed E-state index contributed by atoms with van der Waals surface area (Å²) < 4.78 is 11.4. The summed E-state index contributed by atoms with van der Waals surface area (Å²) in [5.74, 6) is -0.506. The highest BCUT2D eigenvalue weighted by Crippen LogP contribution is 2.20. The molecule has 0 atom stereocenters. The van der Waals surface area contributed by atoms with Crippen LogP contribution in [-0.2, 0) is 20.8 Å². The van der Waals surface area contributed by atoms with Gasteiger partial charge in [-0.3, -0.25) is 14.2 Å². The summed E-state index contributed by atoms with van der Waals surface area (Å²) in [5, 5.41) is 3.80. The predicted molar refractivity (Wildman–Crippen MR) is 117 cm³/mol. The molecule has 0 aliphatic rings. The minimum atomic E-state index is -0.502. The topological polar surface area (TPSA) is 99.5 Å². The van der Waals surface area contributed by atoms with Crippen LogP contribution in [0.1, 0.15) is 44.0 Å². The molecule has 1 aromatic carbocycles. The van der Waals surface area contributed by atoms with E-state index in [2.05, 4.69) is 10.3 Å². The number of aromatic nitrogens is 2. The number of amides is 1. The fourth-order valence-electron chi connectivity index (χ4n) is 2.75. The van der Waals surface area contributed by atoms with Gasteiger partial charge in [0.05, 0.1) is 29.3 Å². The van der Waals surface area contributed by atoms with Gasteiger partial charge in [-0.2, -0.15) is 0 Å². The van der Waals surface area contributed by atoms with Crippen LogP contribution in [0.15, 0.2) is 28.2 Å². The molecule has 1 aromatic heterocycles. The smallest absolute Gasteiger partial charge is 0.337 e. The number of hydrogen-bond donors (Lipinski definition) is 1. The lowest BCUT2D eigenvalue weighted by Crippen LogP contribution is -2.43. The van der Waals surface area contributed by atoms with Crippen LogP contribution in [-0.4, -0.2) is 53.5 Å². The van der Waals surface area contributed by atoms with Gasteiger partial charge in [0.15, 0.2) is 5.16 Å². The minimum Gasteiger partial charge on any atom is -0.465 e. The Balaban J connectivity index is 2.39. The quantitative estimate of drug-likeness (QED) is 0.265. The summed E-state index contributed by atoms with van der Waals surface area (Å²) in [4.78, 5) is 41.8. The molecule has 0 radical (unpaired) electrons. The number of thioether (sulfide) groups is 1. The number of hydrogen-bond acceptors (Lipinski definition) is 7. The van der Waals surface area contributed by atoms with Gasteiger partial charge in [0.25, 0.3) is 5.56 Å². The van der Waals surface area contributed by atoms with Crippen molar-refractivity contribution < 1.29 is 19.1 Å². The maximum atomic E-state index is 13.1. The highest BCUT2D eigenvalue weighted by molar-refractivity contribution is 7.99. The number of nitrogens with zero attached hydrogens (tertiary/aromatic N) is 2. The first-order chi connectivity index (χ1) is 14.2. The lowest BCUT2D eigenvalue weighted by Gasteiger charge is -2.24. The second-order valence-electron chi connectivity index (χ2n) is 7.50. The molecule has 0 spiro atoms. The molecule has 1 N–H and O–H groups in total. The standard InChI is InChI=1S/C21H29N3O5S/c1-6-21(2,3)23-17(25)13-30-20-22-16-12-14(19(27)29-5)8-9-15(16)18(26)24(20)10-7-11-28-4/h8-9,12H,6-7,10-11,13H2,1-5H3,(H,23,25). The first kappa shape index (κ1) is 23.9. The molecule has 0 saturated carbocycles. The maximum Gasteiger partial charge on any atom is 0.337 e. The molecular formula is C21H29N3O5S. The van der Waals surface area contributed by atoms with E-state index in [1.54, 1.807) is 23.8 Å². The van der Waals surface area contributed by atoms with E-state index in [9.17, 15) is 14.4 Å². The highest BCUT2D eigenvalue weighted by atomic mass is 32.2. The van der Waals surface area contributed by atoms with Crippen molar-refractivity contribution in [1.82, 2.24) is 14.9 Å². The van der Waals surface area contributed by atoms with E-state index in [0.717, 1.165) is 6.42 Å². The first-order valence-electron chi connectivity index (χ1n) is 9.78. The van der Waals surface area contributed by atoms with Gasteiger partial charge >= 0.3 is 5.97 Å². The zero-order chi connectivity index (χ0) is 22.3. The van der Waals surface area contributed by atoms with Crippen LogP contribution in [0.5, 0.6) is 0 Å². The Labute approximate surface area is 180 Å². The third-order valence-corrected chi connectivity index (χ3v) is 5.74. The molecule has 0 aliphatic carbocycles. The van der Waals surface area contributed by atoms with Crippen molar-refractivity contribution in [1.29, 1.82) is 0 Å². The van der Waals surface area contributed by atoms with Crippen LogP contribution in [0.25, 0.3) is 10.9 Å². The van der Waals surface area contributed by atoms with Crippen molar-refractivity contribution in [3.63, 3.8) is 0 Å². The molecule has 1 amide bonds. The highest BCUT2D eigenvalue weighted by Gasteiger charge is 2.19. The Morgan fingerprint density at radius 3 is 2.63 bits per heavy atom. The number of rotatable bonds is 10. The minimum absolute atomic E-state index is 0.127. The second-order valence-corrected chi connectivity index (χ2v) is 8.44. The van der Waals surface area contributed by atoms with Crippen molar-refractivity contribution >= 4 is 34.5 Å². The van der Waals surface area contributed by atoms with E-state index >= 15 is 0 Å². The Hall–Kier alpha value is -2.39. The zero-order valence-electron chi connectivity index (χ0n) is 18.1. The monoisotopic (exact) mass is 435 g/mol. The fourth-order valence-corrected chi connectivity index (χ4v) is 3.58. The molecule has 1 heterocycles. The molecule has 2 aromatic rings. The number of ether oxygens (including phenoxy) is 2. The maximum absolute atomic E-state index is 13.1. The Morgan fingerprint density at radius 2 is 2.00 bits per heavy atom. The Bertz CT molecular complexity index is 971. The molecule has 164 valence electrons. The summed E-state index contributed by atoms with van der Waals surface area (Å²) in [6.45, 7) is 6.84. The van der Waals surface area contributed by atoms with E-state index in [0.29, 0.717) is 41.2 Å². The molecule has 0 aliphatic heterocycles. The van der Waals surface area contributed by atoms with Crippen molar-refractivity contribution in [2.24, 2.45) is 0 Å². The number of esters is 1. The van der Waals surface area contributed by atoms with Crippen LogP contribution >= 0.6 is 11.8 Å². The van der Waals surface area contributed by atoms with E-state index in [-0.39, 0.29) is 22.8 Å². The van der Waals surface area contributed by atoms with E-state index in [4.69, 9.17) is 9.47 Å². The predicted octanol–water partition coefficient (Wildman–Crippen LogP) is 2.62. The first-order valence-corrected chi connectivity index (χ1v) is 10.8. The third-order valence-electron chi connectivity index (χ3n) is 4.77. The molecule has 0 unspecified atom stereocenters. The van der Waals surface area contributed by atoms with Crippen LogP contribution < -0.4 is 10.9 Å². The molecule has 30 heavy (non-hydrogen) atoms. The number of carbonyl (C=O) groups excluding carboxylic acids is 2. The lowest BCUT2D eigenvalue weighted by molar-refractivity contribution is -0.120. The van der Waals surface area contributed by atoms with Gasteiger partial charge in [-0.15, -0.1) is 0 Å². The molecule has 9 heteroatoms. The zero-order valence-corrected chi connectivity index (χ0v) is 18.9. The average molecular weight is 436 g/mol. The van der Waals surface area contributed by atoms with E-state index in [1.807, 2.05) is 20.8 Å². The normalized spacial score (nSPS) is 11.5. The van der Waals surface area contributed by atoms with Crippen LogP contribution in [0.3, 0.4) is 0 Å². The molecule has 0 saturated heterocycles. The summed E-state index contributed by atoms with van der Waals surface area (Å²) in [6, 6.07) is 4.66. The summed E-state index contributed by atoms with van der Waals surface area (Å²) in [7, 11) is 2.90. The van der Waals surface area contributed by atoms with Crippen molar-refractivity contribution in [2.45, 2.75) is 50.9 Å². The molecular weight excluding hydrogens is 406 g/mol. The average Bonchev–Trinajstić information content (AvgIpc) is 2.72. The van der Waals surface area contributed by atoms with Crippen molar-refractivity contribution in [3.05, 3.63) is 34.1 Å². The van der Waals surface area contributed by atoms with E-state index < -0.39 is 5.97 Å². The number of nitrogens with one attached hydrogen (secondary N) is 1. The van der Waals surface area contributed by atoms with Gasteiger partial charge in [-0.25, -0.2) is 9.78 Å². The fraction of sp³-hybridized carbons (Fsp3) is 0.524. The Morgan fingerprint density at radius 1 is 1.27 bits per heavy atom. The Kier molecular flexibility index (Phi) is 8.43. The van der Waals surface area contributed by atoms with Crippen molar-refractivity contribution in [2.75, 3.05) is 26.6 Å². The molecule has 2 rings (SSSR count).